The second-order valence-corrected chi connectivity index (χ2v) is 11.2. The molecule has 0 radical (unpaired) electrons. The molecular weight excluding hydrogens is 552 g/mol. The lowest BCUT2D eigenvalue weighted by Gasteiger charge is -2.29. The summed E-state index contributed by atoms with van der Waals surface area (Å²) in [6, 6.07) is 54.4. The highest BCUT2D eigenvalue weighted by Gasteiger charge is 2.27. The van der Waals surface area contributed by atoms with Crippen LogP contribution in [0.15, 0.2) is 167 Å². The Balaban J connectivity index is 1.44. The van der Waals surface area contributed by atoms with Gasteiger partial charge in [-0.15, -0.1) is 0 Å². The number of furan rings is 1. The number of para-hydroxylation sites is 2. The summed E-state index contributed by atoms with van der Waals surface area (Å²) >= 11 is 0. The van der Waals surface area contributed by atoms with Crippen molar-refractivity contribution in [3.8, 4) is 22.6 Å². The van der Waals surface area contributed by atoms with E-state index in [-0.39, 0.29) is 0 Å². The quantitative estimate of drug-likeness (QED) is 0.204. The molecule has 0 saturated heterocycles. The number of anilines is 3. The van der Waals surface area contributed by atoms with Gasteiger partial charge >= 0.3 is 0 Å². The minimum Gasteiger partial charge on any atom is -0.456 e. The molecule has 7 aromatic carbocycles. The van der Waals surface area contributed by atoms with E-state index in [0.29, 0.717) is 11.5 Å². The lowest BCUT2D eigenvalue weighted by molar-refractivity contribution is 0.617. The molecule has 4 heteroatoms. The third-order valence-corrected chi connectivity index (χ3v) is 8.46. The van der Waals surface area contributed by atoms with Crippen LogP contribution in [-0.4, -0.2) is 4.98 Å². The van der Waals surface area contributed by atoms with Crippen LogP contribution in [0, 0.1) is 0 Å². The SMILES string of the molecule is c1ccc(-c2nc3c(N(c4ccc5ccccc5c4)c4ccccc4-c4ccccc4)c4c(cc3o2)oc2ccccc24)cc1. The van der Waals surface area contributed by atoms with Crippen LogP contribution in [0.3, 0.4) is 0 Å². The van der Waals surface area contributed by atoms with Crippen molar-refractivity contribution < 1.29 is 8.83 Å². The van der Waals surface area contributed by atoms with E-state index in [4.69, 9.17) is 13.8 Å². The van der Waals surface area contributed by atoms with E-state index in [1.165, 1.54) is 5.39 Å². The molecule has 2 aromatic heterocycles. The van der Waals surface area contributed by atoms with Gasteiger partial charge in [0.1, 0.15) is 16.7 Å². The number of oxazole rings is 1. The van der Waals surface area contributed by atoms with Gasteiger partial charge in [-0.3, -0.25) is 0 Å². The molecule has 0 atom stereocenters. The largest absolute Gasteiger partial charge is 0.456 e. The predicted octanol–water partition coefficient (Wildman–Crippen LogP) is 11.7. The van der Waals surface area contributed by atoms with E-state index in [1.54, 1.807) is 0 Å². The lowest BCUT2D eigenvalue weighted by atomic mass is 10.00. The number of fused-ring (bicyclic) bond motifs is 5. The summed E-state index contributed by atoms with van der Waals surface area (Å²) in [5.74, 6) is 0.568. The van der Waals surface area contributed by atoms with Crippen LogP contribution in [-0.2, 0) is 0 Å². The minimum absolute atomic E-state index is 0.568. The first-order chi connectivity index (χ1) is 22.3. The van der Waals surface area contributed by atoms with Gasteiger partial charge in [-0.05, 0) is 52.7 Å². The van der Waals surface area contributed by atoms with Crippen molar-refractivity contribution in [2.24, 2.45) is 0 Å². The summed E-state index contributed by atoms with van der Waals surface area (Å²) in [5.41, 5.74) is 9.11. The van der Waals surface area contributed by atoms with Crippen molar-refractivity contribution >= 4 is 60.9 Å². The standard InChI is InChI=1S/C41H26N2O2/c1-3-14-28(15-4-1)32-19-9-11-21-34(32)43(31-24-23-27-13-7-8-18-30(27)25-31)40-38-33-20-10-12-22-35(33)44-36(38)26-37-39(40)42-41(45-37)29-16-5-2-6-17-29/h1-26H. The van der Waals surface area contributed by atoms with E-state index in [9.17, 15) is 0 Å². The zero-order valence-corrected chi connectivity index (χ0v) is 24.2. The van der Waals surface area contributed by atoms with Gasteiger partial charge in [0.05, 0.1) is 16.8 Å². The molecule has 0 saturated carbocycles. The molecule has 0 N–H and O–H groups in total. The Kier molecular flexibility index (Phi) is 5.78. The Morgan fingerprint density at radius 1 is 0.489 bits per heavy atom. The lowest BCUT2D eigenvalue weighted by Crippen LogP contribution is -2.12. The normalized spacial score (nSPS) is 11.6. The second-order valence-electron chi connectivity index (χ2n) is 11.2. The Bertz CT molecular complexity index is 2490. The summed E-state index contributed by atoms with van der Waals surface area (Å²) in [5, 5.41) is 4.35. The smallest absolute Gasteiger partial charge is 0.227 e. The fourth-order valence-corrected chi connectivity index (χ4v) is 6.40. The van der Waals surface area contributed by atoms with Gasteiger partial charge in [-0.25, -0.2) is 4.98 Å². The van der Waals surface area contributed by atoms with Crippen LogP contribution in [0.5, 0.6) is 0 Å². The monoisotopic (exact) mass is 578 g/mol. The van der Waals surface area contributed by atoms with Crippen LogP contribution in [0.4, 0.5) is 17.1 Å². The molecule has 4 nitrogen and oxygen atoms in total. The molecule has 212 valence electrons. The topological polar surface area (TPSA) is 42.4 Å². The summed E-state index contributed by atoms with van der Waals surface area (Å²) in [6.07, 6.45) is 0. The Morgan fingerprint density at radius 2 is 1.18 bits per heavy atom. The van der Waals surface area contributed by atoms with E-state index >= 15 is 0 Å². The number of benzene rings is 7. The van der Waals surface area contributed by atoms with Gasteiger partial charge in [0.2, 0.25) is 5.89 Å². The van der Waals surface area contributed by atoms with Crippen molar-refractivity contribution in [1.82, 2.24) is 4.98 Å². The highest BCUT2D eigenvalue weighted by atomic mass is 16.4. The maximum Gasteiger partial charge on any atom is 0.227 e. The molecule has 45 heavy (non-hydrogen) atoms. The van der Waals surface area contributed by atoms with E-state index in [0.717, 1.165) is 66.6 Å². The minimum atomic E-state index is 0.568. The van der Waals surface area contributed by atoms with Crippen molar-refractivity contribution in [3.05, 3.63) is 158 Å². The van der Waals surface area contributed by atoms with E-state index < -0.39 is 0 Å². The number of hydrogen-bond acceptors (Lipinski definition) is 4. The van der Waals surface area contributed by atoms with Crippen LogP contribution in [0.2, 0.25) is 0 Å². The first-order valence-corrected chi connectivity index (χ1v) is 15.1. The van der Waals surface area contributed by atoms with Gasteiger partial charge < -0.3 is 13.7 Å². The summed E-state index contributed by atoms with van der Waals surface area (Å²) in [6.45, 7) is 0. The van der Waals surface area contributed by atoms with Crippen molar-refractivity contribution in [2.75, 3.05) is 4.90 Å². The van der Waals surface area contributed by atoms with Gasteiger partial charge in [0, 0.05) is 28.3 Å². The average molecular weight is 579 g/mol. The third kappa shape index (κ3) is 4.19. The predicted molar refractivity (Wildman–Crippen MR) is 184 cm³/mol. The summed E-state index contributed by atoms with van der Waals surface area (Å²) in [7, 11) is 0. The fourth-order valence-electron chi connectivity index (χ4n) is 6.40. The maximum atomic E-state index is 6.51. The highest BCUT2D eigenvalue weighted by molar-refractivity contribution is 6.21. The van der Waals surface area contributed by atoms with E-state index in [2.05, 4.69) is 114 Å². The second kappa shape index (κ2) is 10.2. The zero-order valence-electron chi connectivity index (χ0n) is 24.2. The van der Waals surface area contributed by atoms with Crippen molar-refractivity contribution in [2.45, 2.75) is 0 Å². The van der Waals surface area contributed by atoms with E-state index in [1.807, 2.05) is 48.5 Å². The molecule has 0 aliphatic carbocycles. The number of aromatic nitrogens is 1. The summed E-state index contributed by atoms with van der Waals surface area (Å²) < 4.78 is 13.0. The van der Waals surface area contributed by atoms with Crippen LogP contribution in [0.1, 0.15) is 0 Å². The molecule has 0 unspecified atom stereocenters. The molecule has 9 rings (SSSR count). The molecule has 0 aliphatic heterocycles. The zero-order chi connectivity index (χ0) is 29.7. The molecular formula is C41H26N2O2. The number of nitrogens with zero attached hydrogens (tertiary/aromatic N) is 2. The average Bonchev–Trinajstić information content (AvgIpc) is 3.70. The third-order valence-electron chi connectivity index (χ3n) is 8.46. The Morgan fingerprint density at radius 3 is 2.02 bits per heavy atom. The Hall–Kier alpha value is -6.13. The molecule has 0 spiro atoms. The molecule has 2 heterocycles. The first kappa shape index (κ1) is 25.4. The first-order valence-electron chi connectivity index (χ1n) is 15.1. The van der Waals surface area contributed by atoms with Crippen LogP contribution >= 0.6 is 0 Å². The van der Waals surface area contributed by atoms with Gasteiger partial charge in [-0.2, -0.15) is 0 Å². The highest BCUT2D eigenvalue weighted by Crippen LogP contribution is 2.49. The van der Waals surface area contributed by atoms with Gasteiger partial charge in [0.25, 0.3) is 0 Å². The molecule has 9 aromatic rings. The molecule has 0 fully saturated rings. The van der Waals surface area contributed by atoms with Gasteiger partial charge in [0.15, 0.2) is 5.58 Å². The molecule has 0 amide bonds. The van der Waals surface area contributed by atoms with Crippen molar-refractivity contribution in [3.63, 3.8) is 0 Å². The molecule has 0 bridgehead atoms. The molecule has 0 aliphatic rings. The van der Waals surface area contributed by atoms with Crippen LogP contribution < -0.4 is 4.90 Å². The number of rotatable bonds is 5. The maximum absolute atomic E-state index is 6.51. The fraction of sp³-hybridized carbons (Fsp3) is 0. The summed E-state index contributed by atoms with van der Waals surface area (Å²) in [4.78, 5) is 7.54. The number of hydrogen-bond donors (Lipinski definition) is 0. The van der Waals surface area contributed by atoms with Gasteiger partial charge in [-0.1, -0.05) is 115 Å². The van der Waals surface area contributed by atoms with Crippen LogP contribution in [0.25, 0.3) is 66.4 Å². The van der Waals surface area contributed by atoms with Crippen molar-refractivity contribution in [1.29, 1.82) is 0 Å². The Labute approximate surface area is 259 Å².